The summed E-state index contributed by atoms with van der Waals surface area (Å²) in [5, 5.41) is 0. The summed E-state index contributed by atoms with van der Waals surface area (Å²) in [7, 11) is 3.47. The maximum Gasteiger partial charge on any atom is 0.120 e. The molecule has 0 aliphatic heterocycles. The summed E-state index contributed by atoms with van der Waals surface area (Å²) in [4.78, 5) is 0. The molecule has 0 heterocycles. The normalized spacial score (nSPS) is 13.6. The zero-order chi connectivity index (χ0) is 9.12. The molecule has 0 saturated carbocycles. The molecule has 5 radical (unpaired) electrons. The molecule has 0 aromatic heterocycles. The number of halogens is 4. The highest BCUT2D eigenvalue weighted by Crippen LogP contribution is 2.38. The molecule has 63 valence electrons. The summed E-state index contributed by atoms with van der Waals surface area (Å²) in [5.74, 6) is 0. The number of hydrogen-bond donors (Lipinski definition) is 0. The molecule has 6 heteroatoms. The Morgan fingerprint density at radius 1 is 1.27 bits per heavy atom. The van der Waals surface area contributed by atoms with E-state index in [1.165, 1.54) is 0 Å². The summed E-state index contributed by atoms with van der Waals surface area (Å²) < 4.78 is -1.67. The quantitative estimate of drug-likeness (QED) is 0.541. The predicted octanol–water partition coefficient (Wildman–Crippen LogP) is 2.88. The Hall–Kier alpha value is 1.59. The van der Waals surface area contributed by atoms with Crippen LogP contribution in [0, 0.1) is 0 Å². The molecule has 0 aliphatic rings. The van der Waals surface area contributed by atoms with Crippen LogP contribution in [-0.4, -0.2) is 27.1 Å². The van der Waals surface area contributed by atoms with E-state index in [4.69, 9.17) is 46.4 Å². The summed E-state index contributed by atoms with van der Waals surface area (Å²) in [6.45, 7) is 1.89. The molecule has 0 rings (SSSR count). The van der Waals surface area contributed by atoms with Crippen molar-refractivity contribution in [2.45, 2.75) is 28.1 Å². The second-order valence-corrected chi connectivity index (χ2v) is 7.83. The van der Waals surface area contributed by atoms with Gasteiger partial charge in [-0.05, 0) is 6.42 Å². The highest BCUT2D eigenvalue weighted by Gasteiger charge is 2.33. The van der Waals surface area contributed by atoms with Crippen molar-refractivity contribution in [2.24, 2.45) is 0 Å². The molecule has 0 spiro atoms. The molecule has 0 unspecified atom stereocenters. The number of hydrogen-bond acceptors (Lipinski definition) is 0. The van der Waals surface area contributed by atoms with Crippen LogP contribution < -0.4 is 0 Å². The Morgan fingerprint density at radius 2 is 1.73 bits per heavy atom. The van der Waals surface area contributed by atoms with Crippen LogP contribution in [0.2, 0.25) is 0 Å². The zero-order valence-electron chi connectivity index (χ0n) is 5.93. The first-order chi connectivity index (χ1) is 4.83. The standard InChI is InChI=1S/C5H7Cl4Si2/c1-2-4(6,7)3-5(8,9)11-10/h2-3H2,1H3. The van der Waals surface area contributed by atoms with Crippen molar-refractivity contribution in [1.82, 2.24) is 0 Å². The summed E-state index contributed by atoms with van der Waals surface area (Å²) in [5.41, 5.74) is 0. The fraction of sp³-hybridized carbons (Fsp3) is 1.00. The second-order valence-electron chi connectivity index (χ2n) is 2.22. The Morgan fingerprint density at radius 3 is 2.00 bits per heavy atom. The minimum Gasteiger partial charge on any atom is -0.107 e. The fourth-order valence-electron chi connectivity index (χ4n) is 0.494. The molecular formula is C5H7Cl4Si2. The third-order valence-corrected chi connectivity index (χ3v) is 5.59. The lowest BCUT2D eigenvalue weighted by Gasteiger charge is -2.25. The highest BCUT2D eigenvalue weighted by atomic mass is 35.5. The third-order valence-electron chi connectivity index (χ3n) is 1.18. The van der Waals surface area contributed by atoms with Crippen LogP contribution in [-0.2, 0) is 0 Å². The molecule has 0 aromatic carbocycles. The molecule has 0 bridgehead atoms. The van der Waals surface area contributed by atoms with Gasteiger partial charge in [-0.15, -0.1) is 46.4 Å². The van der Waals surface area contributed by atoms with Crippen LogP contribution in [0.4, 0.5) is 0 Å². The SMILES string of the molecule is CCC(Cl)(Cl)CC(Cl)(Cl)[Si][Si]. The lowest BCUT2D eigenvalue weighted by Crippen LogP contribution is -2.30. The van der Waals surface area contributed by atoms with E-state index in [0.717, 1.165) is 0 Å². The van der Waals surface area contributed by atoms with Crippen molar-refractivity contribution in [3.05, 3.63) is 0 Å². The van der Waals surface area contributed by atoms with Gasteiger partial charge in [0.25, 0.3) is 0 Å². The minimum absolute atomic E-state index is 0.229. The average molecular weight is 265 g/mol. The molecule has 0 aliphatic carbocycles. The van der Waals surface area contributed by atoms with Gasteiger partial charge in [-0.25, -0.2) is 0 Å². The molecule has 0 amide bonds. The van der Waals surface area contributed by atoms with E-state index in [1.807, 2.05) is 6.92 Å². The van der Waals surface area contributed by atoms with E-state index in [2.05, 4.69) is 9.76 Å². The summed E-state index contributed by atoms with van der Waals surface area (Å²) in [6.07, 6.45) is 0.999. The Kier molecular flexibility index (Phi) is 5.41. The van der Waals surface area contributed by atoms with Crippen molar-refractivity contribution in [1.29, 1.82) is 0 Å². The van der Waals surface area contributed by atoms with Crippen LogP contribution in [0.25, 0.3) is 0 Å². The van der Waals surface area contributed by atoms with Crippen LogP contribution in [0.3, 0.4) is 0 Å². The van der Waals surface area contributed by atoms with E-state index in [9.17, 15) is 0 Å². The van der Waals surface area contributed by atoms with E-state index in [0.29, 0.717) is 12.8 Å². The average Bonchev–Trinajstić information content (AvgIpc) is 1.86. The van der Waals surface area contributed by atoms with Gasteiger partial charge in [0.2, 0.25) is 0 Å². The number of alkyl halides is 4. The van der Waals surface area contributed by atoms with Gasteiger partial charge in [-0.3, -0.25) is 0 Å². The van der Waals surface area contributed by atoms with E-state index in [1.54, 1.807) is 0 Å². The maximum atomic E-state index is 5.86. The molecule has 0 N–H and O–H groups in total. The van der Waals surface area contributed by atoms with Gasteiger partial charge in [0.15, 0.2) is 0 Å². The van der Waals surface area contributed by atoms with Gasteiger partial charge in [0.05, 0.1) is 9.04 Å². The fourth-order valence-corrected chi connectivity index (χ4v) is 2.50. The molecule has 0 fully saturated rings. The van der Waals surface area contributed by atoms with Crippen molar-refractivity contribution in [3.63, 3.8) is 0 Å². The van der Waals surface area contributed by atoms with Crippen molar-refractivity contribution >= 4 is 65.2 Å². The van der Waals surface area contributed by atoms with Crippen LogP contribution in [0.5, 0.6) is 0 Å². The van der Waals surface area contributed by atoms with Gasteiger partial charge < -0.3 is 0 Å². The smallest absolute Gasteiger partial charge is 0.107 e. The Bertz CT molecular complexity index is 112. The molecule has 11 heavy (non-hydrogen) atoms. The monoisotopic (exact) mass is 263 g/mol. The highest BCUT2D eigenvalue weighted by molar-refractivity contribution is 7.00. The second kappa shape index (κ2) is 4.73. The lowest BCUT2D eigenvalue weighted by molar-refractivity contribution is 0.681. The van der Waals surface area contributed by atoms with E-state index in [-0.39, 0.29) is 9.04 Å². The molecule has 0 saturated heterocycles. The first-order valence-electron chi connectivity index (χ1n) is 3.02. The van der Waals surface area contributed by atoms with Gasteiger partial charge in [0.1, 0.15) is 8.29 Å². The van der Waals surface area contributed by atoms with Crippen molar-refractivity contribution in [2.75, 3.05) is 0 Å². The van der Waals surface area contributed by atoms with E-state index < -0.39 is 8.29 Å². The zero-order valence-corrected chi connectivity index (χ0v) is 10.9. The summed E-state index contributed by atoms with van der Waals surface area (Å²) in [6, 6.07) is 0. The first-order valence-corrected chi connectivity index (χ1v) is 7.04. The Labute approximate surface area is 92.9 Å². The molecule has 0 nitrogen and oxygen atoms in total. The number of rotatable bonds is 4. The Balaban J connectivity index is 4.02. The molecule has 0 atom stereocenters. The topological polar surface area (TPSA) is 0 Å². The van der Waals surface area contributed by atoms with Crippen LogP contribution in [0.1, 0.15) is 19.8 Å². The van der Waals surface area contributed by atoms with Crippen molar-refractivity contribution < 1.29 is 0 Å². The molecular weight excluding hydrogens is 258 g/mol. The van der Waals surface area contributed by atoms with E-state index >= 15 is 0 Å². The van der Waals surface area contributed by atoms with Gasteiger partial charge in [0, 0.05) is 16.2 Å². The van der Waals surface area contributed by atoms with Crippen LogP contribution >= 0.6 is 46.4 Å². The van der Waals surface area contributed by atoms with Crippen LogP contribution in [0.15, 0.2) is 0 Å². The minimum atomic E-state index is -0.851. The van der Waals surface area contributed by atoms with Crippen molar-refractivity contribution in [3.8, 4) is 0 Å². The van der Waals surface area contributed by atoms with Gasteiger partial charge >= 0.3 is 0 Å². The first kappa shape index (κ1) is 12.6. The van der Waals surface area contributed by atoms with Gasteiger partial charge in [-0.1, -0.05) is 6.92 Å². The maximum absolute atomic E-state index is 5.86. The largest absolute Gasteiger partial charge is 0.120 e. The van der Waals surface area contributed by atoms with Gasteiger partial charge in [-0.2, -0.15) is 0 Å². The third kappa shape index (κ3) is 5.77. The lowest BCUT2D eigenvalue weighted by atomic mass is 10.2. The summed E-state index contributed by atoms with van der Waals surface area (Å²) >= 11 is 23.4. The molecule has 0 aromatic rings. The predicted molar refractivity (Wildman–Crippen MR) is 55.3 cm³/mol.